The monoisotopic (exact) mass is 238 g/mol. The number of nitrogens with zero attached hydrogens (tertiary/aromatic N) is 1. The summed E-state index contributed by atoms with van der Waals surface area (Å²) < 4.78 is 0. The molecule has 2 nitrogen and oxygen atoms in total. The molecule has 1 aromatic heterocycles. The fraction of sp³-hybridized carbons (Fsp3) is 0.769. The number of hydrogen-bond acceptors (Lipinski definition) is 3. The molecule has 1 aliphatic carbocycles. The topological polar surface area (TPSA) is 24.9 Å². The van der Waals surface area contributed by atoms with Gasteiger partial charge in [0.25, 0.3) is 0 Å². The van der Waals surface area contributed by atoms with E-state index in [1.165, 1.54) is 30.7 Å². The summed E-state index contributed by atoms with van der Waals surface area (Å²) in [4.78, 5) is 4.49. The van der Waals surface area contributed by atoms with E-state index in [9.17, 15) is 0 Å². The van der Waals surface area contributed by atoms with E-state index in [4.69, 9.17) is 0 Å². The third-order valence-electron chi connectivity index (χ3n) is 3.41. The van der Waals surface area contributed by atoms with Gasteiger partial charge in [-0.15, -0.1) is 11.3 Å². The van der Waals surface area contributed by atoms with Crippen LogP contribution in [-0.2, 0) is 6.54 Å². The van der Waals surface area contributed by atoms with Gasteiger partial charge >= 0.3 is 0 Å². The van der Waals surface area contributed by atoms with E-state index in [1.54, 1.807) is 11.3 Å². The lowest BCUT2D eigenvalue weighted by Crippen LogP contribution is -2.36. The molecule has 0 bridgehead atoms. The lowest BCUT2D eigenvalue weighted by molar-refractivity contribution is 0.197. The molecular formula is C13H22N2S. The van der Waals surface area contributed by atoms with Crippen molar-refractivity contribution in [3.63, 3.8) is 0 Å². The van der Waals surface area contributed by atoms with E-state index in [2.05, 4.69) is 36.5 Å². The Labute approximate surface area is 102 Å². The predicted octanol–water partition coefficient (Wildman–Crippen LogP) is 3.51. The number of thiazole rings is 1. The zero-order valence-corrected chi connectivity index (χ0v) is 11.4. The molecule has 1 saturated carbocycles. The first kappa shape index (κ1) is 12.1. The smallest absolute Gasteiger partial charge is 0.107 e. The lowest BCUT2D eigenvalue weighted by atomic mass is 9.75. The molecule has 16 heavy (non-hydrogen) atoms. The van der Waals surface area contributed by atoms with Crippen molar-refractivity contribution in [3.05, 3.63) is 16.1 Å². The van der Waals surface area contributed by atoms with Gasteiger partial charge in [-0.25, -0.2) is 4.98 Å². The van der Waals surface area contributed by atoms with Gasteiger partial charge in [0.05, 0.1) is 0 Å². The van der Waals surface area contributed by atoms with Crippen molar-refractivity contribution >= 4 is 11.3 Å². The first-order valence-corrected chi connectivity index (χ1v) is 7.07. The molecule has 3 heteroatoms. The standard InChI is InChI=1S/C13H22N2S/c1-10-9-16-12(15-10)8-14-11-5-4-6-13(2,3)7-11/h9,11,14H,4-8H2,1-3H3. The van der Waals surface area contributed by atoms with Gasteiger partial charge in [-0.1, -0.05) is 20.3 Å². The maximum atomic E-state index is 4.49. The van der Waals surface area contributed by atoms with Crippen molar-refractivity contribution < 1.29 is 0 Å². The predicted molar refractivity (Wildman–Crippen MR) is 69.7 cm³/mol. The third-order valence-corrected chi connectivity index (χ3v) is 4.38. The molecule has 1 atom stereocenters. The average molecular weight is 238 g/mol. The first-order valence-electron chi connectivity index (χ1n) is 6.20. The van der Waals surface area contributed by atoms with Crippen LogP contribution in [0.15, 0.2) is 5.38 Å². The maximum Gasteiger partial charge on any atom is 0.107 e. The molecule has 1 unspecified atom stereocenters. The molecule has 0 amide bonds. The minimum absolute atomic E-state index is 0.523. The van der Waals surface area contributed by atoms with Gasteiger partial charge in [-0.05, 0) is 31.6 Å². The van der Waals surface area contributed by atoms with E-state index in [-0.39, 0.29) is 0 Å². The molecule has 0 spiro atoms. The second-order valence-electron chi connectivity index (χ2n) is 5.72. The van der Waals surface area contributed by atoms with E-state index in [0.717, 1.165) is 12.2 Å². The second kappa shape index (κ2) is 4.84. The molecule has 0 aromatic carbocycles. The van der Waals surface area contributed by atoms with Gasteiger partial charge in [0.15, 0.2) is 0 Å². The van der Waals surface area contributed by atoms with Crippen molar-refractivity contribution in [3.8, 4) is 0 Å². The molecule has 0 saturated heterocycles. The van der Waals surface area contributed by atoms with Crippen LogP contribution in [0.25, 0.3) is 0 Å². The molecule has 1 fully saturated rings. The Morgan fingerprint density at radius 2 is 2.38 bits per heavy atom. The molecular weight excluding hydrogens is 216 g/mol. The van der Waals surface area contributed by atoms with Crippen LogP contribution >= 0.6 is 11.3 Å². The minimum Gasteiger partial charge on any atom is -0.308 e. The Morgan fingerprint density at radius 3 is 3.00 bits per heavy atom. The van der Waals surface area contributed by atoms with Crippen LogP contribution in [0.4, 0.5) is 0 Å². The number of hydrogen-bond donors (Lipinski definition) is 1. The Morgan fingerprint density at radius 1 is 1.56 bits per heavy atom. The number of aromatic nitrogens is 1. The Kier molecular flexibility index (Phi) is 3.65. The molecule has 1 aliphatic rings. The minimum atomic E-state index is 0.523. The normalized spacial score (nSPS) is 24.6. The van der Waals surface area contributed by atoms with Gasteiger partial charge in [0.1, 0.15) is 5.01 Å². The molecule has 2 rings (SSSR count). The summed E-state index contributed by atoms with van der Waals surface area (Å²) >= 11 is 1.76. The Hall–Kier alpha value is -0.410. The zero-order chi connectivity index (χ0) is 11.6. The van der Waals surface area contributed by atoms with Crippen LogP contribution in [-0.4, -0.2) is 11.0 Å². The molecule has 1 aromatic rings. The fourth-order valence-corrected chi connectivity index (χ4v) is 3.31. The van der Waals surface area contributed by atoms with Crippen LogP contribution < -0.4 is 5.32 Å². The highest BCUT2D eigenvalue weighted by Gasteiger charge is 2.27. The van der Waals surface area contributed by atoms with Gasteiger partial charge in [-0.3, -0.25) is 0 Å². The van der Waals surface area contributed by atoms with Crippen molar-refractivity contribution in [1.29, 1.82) is 0 Å². The summed E-state index contributed by atoms with van der Waals surface area (Å²) in [5, 5.41) is 7.00. The average Bonchev–Trinajstić information content (AvgIpc) is 2.60. The molecule has 0 aliphatic heterocycles. The van der Waals surface area contributed by atoms with E-state index >= 15 is 0 Å². The zero-order valence-electron chi connectivity index (χ0n) is 10.5. The van der Waals surface area contributed by atoms with Crippen molar-refractivity contribution in [1.82, 2.24) is 10.3 Å². The summed E-state index contributed by atoms with van der Waals surface area (Å²) in [6, 6.07) is 0.688. The first-order chi connectivity index (χ1) is 7.55. The number of rotatable bonds is 3. The van der Waals surface area contributed by atoms with Crippen LogP contribution in [0.2, 0.25) is 0 Å². The SMILES string of the molecule is Cc1csc(CNC2CCCC(C)(C)C2)n1. The van der Waals surface area contributed by atoms with Crippen molar-refractivity contribution in [2.24, 2.45) is 5.41 Å². The van der Waals surface area contributed by atoms with Crippen LogP contribution in [0.3, 0.4) is 0 Å². The highest BCUT2D eigenvalue weighted by Crippen LogP contribution is 2.35. The van der Waals surface area contributed by atoms with Crippen molar-refractivity contribution in [2.75, 3.05) is 0 Å². The molecule has 0 radical (unpaired) electrons. The number of nitrogens with one attached hydrogen (secondary N) is 1. The molecule has 1 heterocycles. The highest BCUT2D eigenvalue weighted by atomic mass is 32.1. The van der Waals surface area contributed by atoms with Crippen LogP contribution in [0.5, 0.6) is 0 Å². The Balaban J connectivity index is 1.82. The summed E-state index contributed by atoms with van der Waals surface area (Å²) in [6.07, 6.45) is 5.37. The summed E-state index contributed by atoms with van der Waals surface area (Å²) in [5.41, 5.74) is 1.67. The van der Waals surface area contributed by atoms with Crippen molar-refractivity contribution in [2.45, 2.75) is 59.0 Å². The third kappa shape index (κ3) is 3.29. The number of aryl methyl sites for hydroxylation is 1. The maximum absolute atomic E-state index is 4.49. The van der Waals surface area contributed by atoms with Gasteiger partial charge in [0.2, 0.25) is 0 Å². The van der Waals surface area contributed by atoms with E-state index < -0.39 is 0 Å². The highest BCUT2D eigenvalue weighted by molar-refractivity contribution is 7.09. The van der Waals surface area contributed by atoms with E-state index in [0.29, 0.717) is 11.5 Å². The molecule has 90 valence electrons. The Bertz CT molecular complexity index is 343. The fourth-order valence-electron chi connectivity index (χ4n) is 2.59. The lowest BCUT2D eigenvalue weighted by Gasteiger charge is -2.35. The van der Waals surface area contributed by atoms with E-state index in [1.807, 2.05) is 0 Å². The summed E-state index contributed by atoms with van der Waals surface area (Å²) in [5.74, 6) is 0. The van der Waals surface area contributed by atoms with Gasteiger partial charge in [0, 0.05) is 23.7 Å². The van der Waals surface area contributed by atoms with Crippen LogP contribution in [0, 0.1) is 12.3 Å². The summed E-state index contributed by atoms with van der Waals surface area (Å²) in [7, 11) is 0. The van der Waals surface area contributed by atoms with Crippen LogP contribution in [0.1, 0.15) is 50.2 Å². The quantitative estimate of drug-likeness (QED) is 0.871. The largest absolute Gasteiger partial charge is 0.308 e. The van der Waals surface area contributed by atoms with Gasteiger partial charge < -0.3 is 5.32 Å². The molecule has 1 N–H and O–H groups in total. The summed E-state index contributed by atoms with van der Waals surface area (Å²) in [6.45, 7) is 7.77. The van der Waals surface area contributed by atoms with Gasteiger partial charge in [-0.2, -0.15) is 0 Å². The second-order valence-corrected chi connectivity index (χ2v) is 6.66.